The summed E-state index contributed by atoms with van der Waals surface area (Å²) in [5.74, 6) is -0.0851. The van der Waals surface area contributed by atoms with Gasteiger partial charge >= 0.3 is 0 Å². The van der Waals surface area contributed by atoms with Crippen molar-refractivity contribution in [1.29, 1.82) is 0 Å². The van der Waals surface area contributed by atoms with Crippen molar-refractivity contribution in [2.45, 2.75) is 26.8 Å². The molecule has 0 aliphatic rings. The quantitative estimate of drug-likeness (QED) is 0.811. The minimum absolute atomic E-state index is 0.0851. The number of nitrogens with one attached hydrogen (secondary N) is 1. The molecule has 0 saturated carbocycles. The maximum Gasteiger partial charge on any atom is 0.263 e. The summed E-state index contributed by atoms with van der Waals surface area (Å²) in [6.45, 7) is 5.74. The molecule has 13 heavy (non-hydrogen) atoms. The van der Waals surface area contributed by atoms with Gasteiger partial charge in [0, 0.05) is 6.04 Å². The predicted octanol–water partition coefficient (Wildman–Crippen LogP) is 2.85. The third-order valence-corrected chi connectivity index (χ3v) is 3.22. The average molecular weight is 218 g/mol. The Morgan fingerprint density at radius 3 is 2.62 bits per heavy atom. The number of carbonyl (C=O) groups is 1. The number of amides is 1. The Kier molecular flexibility index (Phi) is 3.33. The maximum absolute atomic E-state index is 11.5. The highest BCUT2D eigenvalue weighted by atomic mass is 35.5. The van der Waals surface area contributed by atoms with E-state index in [0.717, 1.165) is 5.56 Å². The highest BCUT2D eigenvalue weighted by molar-refractivity contribution is 7.13. The highest BCUT2D eigenvalue weighted by Gasteiger charge is 2.14. The van der Waals surface area contributed by atoms with Crippen molar-refractivity contribution in [3.8, 4) is 0 Å². The van der Waals surface area contributed by atoms with E-state index in [2.05, 4.69) is 5.32 Å². The van der Waals surface area contributed by atoms with Crippen molar-refractivity contribution in [3.63, 3.8) is 0 Å². The molecule has 1 amide bonds. The van der Waals surface area contributed by atoms with Crippen molar-refractivity contribution in [2.24, 2.45) is 0 Å². The van der Waals surface area contributed by atoms with Crippen LogP contribution in [0.3, 0.4) is 0 Å². The largest absolute Gasteiger partial charge is 0.349 e. The van der Waals surface area contributed by atoms with Crippen LogP contribution in [-0.4, -0.2) is 11.9 Å². The zero-order valence-electron chi connectivity index (χ0n) is 7.85. The normalized spacial score (nSPS) is 10.5. The number of carbonyl (C=O) groups excluding carboxylic acids is 1. The molecular weight excluding hydrogens is 206 g/mol. The summed E-state index contributed by atoms with van der Waals surface area (Å²) >= 11 is 7.32. The van der Waals surface area contributed by atoms with E-state index >= 15 is 0 Å². The first-order valence-corrected chi connectivity index (χ1v) is 5.32. The molecule has 72 valence electrons. The summed E-state index contributed by atoms with van der Waals surface area (Å²) in [7, 11) is 0. The van der Waals surface area contributed by atoms with Crippen LogP contribution in [0, 0.1) is 6.92 Å². The Morgan fingerprint density at radius 2 is 2.23 bits per heavy atom. The van der Waals surface area contributed by atoms with Crippen LogP contribution in [0.25, 0.3) is 0 Å². The lowest BCUT2D eigenvalue weighted by Gasteiger charge is -2.06. The van der Waals surface area contributed by atoms with E-state index in [-0.39, 0.29) is 11.9 Å². The summed E-state index contributed by atoms with van der Waals surface area (Å²) in [4.78, 5) is 12.1. The lowest BCUT2D eigenvalue weighted by atomic mass is 10.3. The van der Waals surface area contributed by atoms with E-state index in [1.165, 1.54) is 11.3 Å². The standard InChI is InChI=1S/C9H12ClNOS/c1-5(2)11-9(12)8-7(10)6(3)4-13-8/h4-5H,1-3H3,(H,11,12). The molecule has 0 aliphatic heterocycles. The number of thiophene rings is 1. The first-order valence-electron chi connectivity index (χ1n) is 4.06. The van der Waals surface area contributed by atoms with Crippen LogP contribution < -0.4 is 5.32 Å². The van der Waals surface area contributed by atoms with Crippen molar-refractivity contribution in [2.75, 3.05) is 0 Å². The number of aryl methyl sites for hydroxylation is 1. The van der Waals surface area contributed by atoms with Crippen LogP contribution in [0.1, 0.15) is 29.1 Å². The van der Waals surface area contributed by atoms with E-state index in [4.69, 9.17) is 11.6 Å². The maximum atomic E-state index is 11.5. The molecule has 0 fully saturated rings. The Labute approximate surface area is 86.9 Å². The lowest BCUT2D eigenvalue weighted by molar-refractivity contribution is 0.0947. The van der Waals surface area contributed by atoms with Gasteiger partial charge in [0.2, 0.25) is 0 Å². The number of halogens is 1. The molecular formula is C9H12ClNOS. The van der Waals surface area contributed by atoms with Crippen molar-refractivity contribution >= 4 is 28.8 Å². The molecule has 1 N–H and O–H groups in total. The lowest BCUT2D eigenvalue weighted by Crippen LogP contribution is -2.29. The summed E-state index contributed by atoms with van der Waals surface area (Å²) in [5.41, 5.74) is 0.959. The van der Waals surface area contributed by atoms with Crippen LogP contribution >= 0.6 is 22.9 Å². The molecule has 1 rings (SSSR count). The van der Waals surface area contributed by atoms with Gasteiger partial charge < -0.3 is 5.32 Å². The molecule has 0 unspecified atom stereocenters. The molecule has 0 aliphatic carbocycles. The SMILES string of the molecule is Cc1csc(C(=O)NC(C)C)c1Cl. The van der Waals surface area contributed by atoms with Gasteiger partial charge in [0.15, 0.2) is 0 Å². The van der Waals surface area contributed by atoms with Crippen molar-refractivity contribution < 1.29 is 4.79 Å². The summed E-state index contributed by atoms with van der Waals surface area (Å²) in [6.07, 6.45) is 0. The number of rotatable bonds is 2. The molecule has 0 spiro atoms. The third-order valence-electron chi connectivity index (χ3n) is 1.53. The highest BCUT2D eigenvalue weighted by Crippen LogP contribution is 2.26. The topological polar surface area (TPSA) is 29.1 Å². The van der Waals surface area contributed by atoms with E-state index in [9.17, 15) is 4.79 Å². The fraction of sp³-hybridized carbons (Fsp3) is 0.444. The van der Waals surface area contributed by atoms with Gasteiger partial charge in [-0.1, -0.05) is 11.6 Å². The molecule has 0 radical (unpaired) electrons. The zero-order chi connectivity index (χ0) is 10.0. The molecule has 1 heterocycles. The number of hydrogen-bond acceptors (Lipinski definition) is 2. The van der Waals surface area contributed by atoms with E-state index in [0.29, 0.717) is 9.90 Å². The van der Waals surface area contributed by atoms with Gasteiger partial charge in [0.25, 0.3) is 5.91 Å². The van der Waals surface area contributed by atoms with E-state index in [1.54, 1.807) is 0 Å². The zero-order valence-corrected chi connectivity index (χ0v) is 9.42. The van der Waals surface area contributed by atoms with Gasteiger partial charge in [-0.15, -0.1) is 11.3 Å². The second-order valence-electron chi connectivity index (χ2n) is 3.19. The van der Waals surface area contributed by atoms with Gasteiger partial charge in [-0.05, 0) is 31.7 Å². The van der Waals surface area contributed by atoms with Gasteiger partial charge in [-0.2, -0.15) is 0 Å². The van der Waals surface area contributed by atoms with E-state index < -0.39 is 0 Å². The van der Waals surface area contributed by atoms with Crippen LogP contribution in [-0.2, 0) is 0 Å². The second-order valence-corrected chi connectivity index (χ2v) is 4.45. The van der Waals surface area contributed by atoms with Gasteiger partial charge in [0.05, 0.1) is 5.02 Å². The summed E-state index contributed by atoms with van der Waals surface area (Å²) in [5, 5.41) is 5.26. The van der Waals surface area contributed by atoms with Gasteiger partial charge in [0.1, 0.15) is 4.88 Å². The van der Waals surface area contributed by atoms with Crippen LogP contribution in [0.4, 0.5) is 0 Å². The van der Waals surface area contributed by atoms with E-state index in [1.807, 2.05) is 26.2 Å². The minimum Gasteiger partial charge on any atom is -0.349 e. The molecule has 1 aromatic heterocycles. The van der Waals surface area contributed by atoms with Crippen molar-refractivity contribution in [3.05, 3.63) is 20.8 Å². The fourth-order valence-electron chi connectivity index (χ4n) is 0.911. The fourth-order valence-corrected chi connectivity index (χ4v) is 2.09. The number of hydrogen-bond donors (Lipinski definition) is 1. The molecule has 0 bridgehead atoms. The molecule has 0 aromatic carbocycles. The Hall–Kier alpha value is -0.540. The molecule has 1 aromatic rings. The van der Waals surface area contributed by atoms with Gasteiger partial charge in [-0.25, -0.2) is 0 Å². The average Bonchev–Trinajstić information content (AvgIpc) is 2.31. The second kappa shape index (κ2) is 4.11. The summed E-state index contributed by atoms with van der Waals surface area (Å²) < 4.78 is 0. The smallest absolute Gasteiger partial charge is 0.263 e. The minimum atomic E-state index is -0.0851. The van der Waals surface area contributed by atoms with Gasteiger partial charge in [-0.3, -0.25) is 4.79 Å². The Balaban J connectivity index is 2.83. The van der Waals surface area contributed by atoms with Crippen LogP contribution in [0.2, 0.25) is 5.02 Å². The van der Waals surface area contributed by atoms with Crippen molar-refractivity contribution in [1.82, 2.24) is 5.32 Å². The first-order chi connectivity index (χ1) is 6.02. The van der Waals surface area contributed by atoms with Crippen LogP contribution in [0.15, 0.2) is 5.38 Å². The molecule has 0 saturated heterocycles. The first kappa shape index (κ1) is 10.5. The monoisotopic (exact) mass is 217 g/mol. The summed E-state index contributed by atoms with van der Waals surface area (Å²) in [6, 6.07) is 0.144. The predicted molar refractivity (Wildman–Crippen MR) is 56.7 cm³/mol. The molecule has 4 heteroatoms. The third kappa shape index (κ3) is 2.45. The molecule has 2 nitrogen and oxygen atoms in total. The van der Waals surface area contributed by atoms with Crippen LogP contribution in [0.5, 0.6) is 0 Å². The Morgan fingerprint density at radius 1 is 1.62 bits per heavy atom. The Bertz CT molecular complexity index is 319. The molecule has 0 atom stereocenters.